The topological polar surface area (TPSA) is 67.2 Å². The van der Waals surface area contributed by atoms with E-state index in [1.807, 2.05) is 48.7 Å². The maximum atomic E-state index is 11.2. The number of carbonyl (C=O) groups is 1. The zero-order valence-electron chi connectivity index (χ0n) is 13.5. The van der Waals surface area contributed by atoms with Gasteiger partial charge in [-0.1, -0.05) is 42.5 Å². The zero-order valence-corrected chi connectivity index (χ0v) is 13.5. The molecule has 4 aromatic rings. The van der Waals surface area contributed by atoms with Crippen molar-refractivity contribution in [2.45, 2.75) is 13.0 Å². The van der Waals surface area contributed by atoms with E-state index in [1.54, 1.807) is 5.48 Å². The first kappa shape index (κ1) is 15.4. The molecule has 0 spiro atoms. The van der Waals surface area contributed by atoms with Gasteiger partial charge in [0, 0.05) is 18.1 Å². The van der Waals surface area contributed by atoms with Gasteiger partial charge < -0.3 is 4.57 Å². The lowest BCUT2D eigenvalue weighted by atomic mass is 10.1. The second kappa shape index (κ2) is 6.37. The van der Waals surface area contributed by atoms with Crippen molar-refractivity contribution in [2.75, 3.05) is 0 Å². The monoisotopic (exact) mass is 331 g/mol. The van der Waals surface area contributed by atoms with Crippen LogP contribution in [0, 0.1) is 0 Å². The Morgan fingerprint density at radius 1 is 0.960 bits per heavy atom. The summed E-state index contributed by atoms with van der Waals surface area (Å²) < 4.78 is 2.26. The Morgan fingerprint density at radius 2 is 1.68 bits per heavy atom. The van der Waals surface area contributed by atoms with Crippen LogP contribution in [0.25, 0.3) is 21.9 Å². The highest BCUT2D eigenvalue weighted by Gasteiger charge is 2.11. The maximum absolute atomic E-state index is 11.2. The molecule has 0 saturated carbocycles. The third kappa shape index (κ3) is 2.86. The summed E-state index contributed by atoms with van der Waals surface area (Å²) in [6, 6.07) is 20.2. The smallest absolute Gasteiger partial charge is 0.247 e. The molecule has 2 aromatic heterocycles. The maximum Gasteiger partial charge on any atom is 0.247 e. The highest BCUT2D eigenvalue weighted by Crippen LogP contribution is 2.27. The number of hydrogen-bond donors (Lipinski definition) is 2. The normalized spacial score (nSPS) is 11.1. The first-order valence-corrected chi connectivity index (χ1v) is 8.09. The molecular weight excluding hydrogens is 314 g/mol. The van der Waals surface area contributed by atoms with Crippen molar-refractivity contribution in [3.63, 3.8) is 0 Å². The highest BCUT2D eigenvalue weighted by atomic mass is 16.5. The molecule has 0 bridgehead atoms. The van der Waals surface area contributed by atoms with E-state index in [4.69, 9.17) is 5.21 Å². The average molecular weight is 331 g/mol. The molecule has 0 saturated heterocycles. The Bertz CT molecular complexity index is 998. The molecule has 0 atom stereocenters. The molecule has 0 aliphatic heterocycles. The van der Waals surface area contributed by atoms with E-state index < -0.39 is 5.91 Å². The van der Waals surface area contributed by atoms with Gasteiger partial charge in [-0.3, -0.25) is 15.0 Å². The van der Waals surface area contributed by atoms with Gasteiger partial charge in [0.1, 0.15) is 0 Å². The minimum Gasteiger partial charge on any atom is -0.335 e. The summed E-state index contributed by atoms with van der Waals surface area (Å²) in [7, 11) is 0. The second-order valence-corrected chi connectivity index (χ2v) is 6.00. The summed E-state index contributed by atoms with van der Waals surface area (Å²) >= 11 is 0. The molecule has 5 heteroatoms. The highest BCUT2D eigenvalue weighted by molar-refractivity contribution is 6.05. The van der Waals surface area contributed by atoms with E-state index >= 15 is 0 Å². The van der Waals surface area contributed by atoms with Crippen LogP contribution in [0.3, 0.4) is 0 Å². The molecule has 4 rings (SSSR count). The molecule has 124 valence electrons. The second-order valence-electron chi connectivity index (χ2n) is 6.00. The molecule has 0 fully saturated rings. The molecule has 0 aliphatic carbocycles. The summed E-state index contributed by atoms with van der Waals surface area (Å²) in [6.45, 7) is 0.724. The van der Waals surface area contributed by atoms with Crippen molar-refractivity contribution in [3.05, 3.63) is 78.0 Å². The van der Waals surface area contributed by atoms with Crippen LogP contribution >= 0.6 is 0 Å². The molecule has 2 aromatic carbocycles. The Labute approximate surface area is 144 Å². The van der Waals surface area contributed by atoms with Crippen LogP contribution in [-0.2, 0) is 17.8 Å². The summed E-state index contributed by atoms with van der Waals surface area (Å²) in [5, 5.41) is 9.76. The van der Waals surface area contributed by atoms with Crippen LogP contribution in [0.4, 0.5) is 0 Å². The number of pyridine rings is 1. The van der Waals surface area contributed by atoms with E-state index in [1.165, 1.54) is 0 Å². The third-order valence-electron chi connectivity index (χ3n) is 4.38. The fourth-order valence-electron chi connectivity index (χ4n) is 3.20. The Balaban J connectivity index is 1.71. The largest absolute Gasteiger partial charge is 0.335 e. The molecule has 2 heterocycles. The minimum absolute atomic E-state index is 0.163. The molecule has 1 amide bonds. The number of carbonyl (C=O) groups excluding carboxylic acids is 1. The van der Waals surface area contributed by atoms with Gasteiger partial charge in [-0.25, -0.2) is 5.48 Å². The van der Waals surface area contributed by atoms with Gasteiger partial charge in [0.25, 0.3) is 0 Å². The van der Waals surface area contributed by atoms with Crippen LogP contribution in [0.15, 0.2) is 66.9 Å². The van der Waals surface area contributed by atoms with E-state index in [2.05, 4.69) is 27.8 Å². The molecule has 2 N–H and O–H groups in total. The average Bonchev–Trinajstić information content (AvgIpc) is 2.97. The number of aromatic nitrogens is 2. The van der Waals surface area contributed by atoms with Crippen LogP contribution in [0.1, 0.15) is 11.1 Å². The SMILES string of the molecule is O=C(Cc1ccc(Cn2c3ccccc3c3ncccc32)cc1)NO. The predicted molar refractivity (Wildman–Crippen MR) is 96.4 cm³/mol. The lowest BCUT2D eigenvalue weighted by Crippen LogP contribution is -2.20. The fourth-order valence-corrected chi connectivity index (χ4v) is 3.20. The lowest BCUT2D eigenvalue weighted by Gasteiger charge is -2.08. The first-order valence-electron chi connectivity index (χ1n) is 8.09. The number of rotatable bonds is 4. The lowest BCUT2D eigenvalue weighted by molar-refractivity contribution is -0.128. The van der Waals surface area contributed by atoms with Gasteiger partial charge >= 0.3 is 0 Å². The standard InChI is InChI=1S/C20H17N3O2/c24-19(22-25)12-14-7-9-15(10-8-14)13-23-17-5-2-1-4-16(17)20-18(23)6-3-11-21-20/h1-11,25H,12-13H2,(H,22,24). The van der Waals surface area contributed by atoms with E-state index in [0.717, 1.165) is 39.6 Å². The van der Waals surface area contributed by atoms with Gasteiger partial charge in [-0.2, -0.15) is 0 Å². The van der Waals surface area contributed by atoms with E-state index in [9.17, 15) is 4.79 Å². The number of fused-ring (bicyclic) bond motifs is 3. The van der Waals surface area contributed by atoms with Crippen molar-refractivity contribution >= 4 is 27.8 Å². The molecule has 5 nitrogen and oxygen atoms in total. The van der Waals surface area contributed by atoms with Crippen molar-refractivity contribution in [1.29, 1.82) is 0 Å². The summed E-state index contributed by atoms with van der Waals surface area (Å²) in [4.78, 5) is 15.8. The van der Waals surface area contributed by atoms with Crippen molar-refractivity contribution < 1.29 is 10.0 Å². The Hall–Kier alpha value is -3.18. The molecule has 25 heavy (non-hydrogen) atoms. The van der Waals surface area contributed by atoms with Gasteiger partial charge in [0.2, 0.25) is 5.91 Å². The van der Waals surface area contributed by atoms with E-state index in [-0.39, 0.29) is 6.42 Å². The number of para-hydroxylation sites is 1. The Kier molecular flexibility index (Phi) is 3.91. The van der Waals surface area contributed by atoms with Gasteiger partial charge in [-0.05, 0) is 29.3 Å². The summed E-state index contributed by atoms with van der Waals surface area (Å²) in [5.74, 6) is -0.416. The van der Waals surface area contributed by atoms with E-state index in [0.29, 0.717) is 0 Å². The number of hydroxylamine groups is 1. The molecule has 0 aliphatic rings. The molecule has 0 unspecified atom stereocenters. The van der Waals surface area contributed by atoms with Crippen molar-refractivity contribution in [2.24, 2.45) is 0 Å². The van der Waals surface area contributed by atoms with Crippen LogP contribution in [0.2, 0.25) is 0 Å². The van der Waals surface area contributed by atoms with Crippen LogP contribution in [0.5, 0.6) is 0 Å². The molecular formula is C20H17N3O2. The van der Waals surface area contributed by atoms with Gasteiger partial charge in [-0.15, -0.1) is 0 Å². The van der Waals surface area contributed by atoms with Crippen molar-refractivity contribution in [1.82, 2.24) is 15.0 Å². The zero-order chi connectivity index (χ0) is 17.2. The number of nitrogens with zero attached hydrogens (tertiary/aromatic N) is 2. The quantitative estimate of drug-likeness (QED) is 0.445. The van der Waals surface area contributed by atoms with Crippen molar-refractivity contribution in [3.8, 4) is 0 Å². The molecule has 0 radical (unpaired) electrons. The predicted octanol–water partition coefficient (Wildman–Crippen LogP) is 3.29. The fraction of sp³-hybridized carbons (Fsp3) is 0.100. The summed E-state index contributed by atoms with van der Waals surface area (Å²) in [6.07, 6.45) is 1.98. The van der Waals surface area contributed by atoms with Gasteiger partial charge in [0.05, 0.1) is 23.0 Å². The third-order valence-corrected chi connectivity index (χ3v) is 4.38. The number of benzene rings is 2. The first-order chi connectivity index (χ1) is 12.3. The number of nitrogens with one attached hydrogen (secondary N) is 1. The van der Waals surface area contributed by atoms with Crippen LogP contribution in [-0.4, -0.2) is 20.7 Å². The Morgan fingerprint density at radius 3 is 2.48 bits per heavy atom. The number of amides is 1. The van der Waals surface area contributed by atoms with Gasteiger partial charge in [0.15, 0.2) is 0 Å². The minimum atomic E-state index is -0.416. The number of hydrogen-bond acceptors (Lipinski definition) is 3. The summed E-state index contributed by atoms with van der Waals surface area (Å²) in [5.41, 5.74) is 6.92. The van der Waals surface area contributed by atoms with Crippen LogP contribution < -0.4 is 5.48 Å².